The van der Waals surface area contributed by atoms with Crippen molar-refractivity contribution in [2.75, 3.05) is 6.61 Å². The van der Waals surface area contributed by atoms with Gasteiger partial charge < -0.3 is 4.74 Å². The van der Waals surface area contributed by atoms with E-state index in [4.69, 9.17) is 4.74 Å². The van der Waals surface area contributed by atoms with E-state index < -0.39 is 0 Å². The Kier molecular flexibility index (Phi) is 10.5. The lowest BCUT2D eigenvalue weighted by Crippen LogP contribution is -1.97. The van der Waals surface area contributed by atoms with E-state index in [9.17, 15) is 4.79 Å². The Hall–Kier alpha value is -1.31. The van der Waals surface area contributed by atoms with Crippen LogP contribution in [0, 0.1) is 0 Å². The van der Waals surface area contributed by atoms with Crippen LogP contribution >= 0.6 is 0 Å². The van der Waals surface area contributed by atoms with Crippen LogP contribution in [0.4, 0.5) is 0 Å². The van der Waals surface area contributed by atoms with Crippen molar-refractivity contribution < 1.29 is 9.53 Å². The van der Waals surface area contributed by atoms with Gasteiger partial charge in [0.15, 0.2) is 6.29 Å². The summed E-state index contributed by atoms with van der Waals surface area (Å²) < 4.78 is 5.73. The molecule has 0 aromatic heterocycles. The fraction of sp³-hybridized carbons (Fsp3) is 0.632. The van der Waals surface area contributed by atoms with Gasteiger partial charge in [-0.2, -0.15) is 0 Å². The molecule has 0 fully saturated rings. The molecule has 1 aromatic rings. The number of aryl methyl sites for hydroxylation is 1. The molecule has 117 valence electrons. The molecule has 0 atom stereocenters. The molecule has 2 heteroatoms. The second kappa shape index (κ2) is 12.4. The zero-order valence-corrected chi connectivity index (χ0v) is 13.4. The first-order valence-electron chi connectivity index (χ1n) is 8.43. The molecule has 0 heterocycles. The predicted molar refractivity (Wildman–Crippen MR) is 88.6 cm³/mol. The molecule has 1 aromatic carbocycles. The van der Waals surface area contributed by atoms with E-state index in [2.05, 4.69) is 6.92 Å². The second-order valence-electron chi connectivity index (χ2n) is 5.61. The smallest absolute Gasteiger partial charge is 0.198 e. The Morgan fingerprint density at radius 3 is 2.14 bits per heavy atom. The molecule has 1 radical (unpaired) electrons. The van der Waals surface area contributed by atoms with Gasteiger partial charge in [-0.05, 0) is 30.5 Å². The van der Waals surface area contributed by atoms with Crippen molar-refractivity contribution in [2.45, 2.75) is 71.1 Å². The third kappa shape index (κ3) is 9.28. The Morgan fingerprint density at radius 1 is 0.905 bits per heavy atom. The van der Waals surface area contributed by atoms with Crippen molar-refractivity contribution in [1.82, 2.24) is 0 Å². The molecule has 0 saturated heterocycles. The summed E-state index contributed by atoms with van der Waals surface area (Å²) in [6, 6.07) is 8.04. The Labute approximate surface area is 129 Å². The van der Waals surface area contributed by atoms with E-state index in [0.29, 0.717) is 6.42 Å². The van der Waals surface area contributed by atoms with Gasteiger partial charge in [0.1, 0.15) is 5.75 Å². The number of carbonyl (C=O) groups excluding carboxylic acids is 1. The molecule has 0 N–H and O–H groups in total. The van der Waals surface area contributed by atoms with Crippen LogP contribution < -0.4 is 4.74 Å². The van der Waals surface area contributed by atoms with Gasteiger partial charge in [-0.25, -0.2) is 0 Å². The minimum Gasteiger partial charge on any atom is -0.494 e. The fourth-order valence-corrected chi connectivity index (χ4v) is 2.37. The summed E-state index contributed by atoms with van der Waals surface area (Å²) in [4.78, 5) is 10.2. The average molecular weight is 289 g/mol. The first kappa shape index (κ1) is 17.7. The topological polar surface area (TPSA) is 26.3 Å². The highest BCUT2D eigenvalue weighted by molar-refractivity contribution is 5.51. The maximum Gasteiger partial charge on any atom is 0.198 e. The van der Waals surface area contributed by atoms with Gasteiger partial charge in [-0.15, -0.1) is 0 Å². The highest BCUT2D eigenvalue weighted by atomic mass is 16.5. The molecule has 0 aliphatic carbocycles. The van der Waals surface area contributed by atoms with E-state index >= 15 is 0 Å². The van der Waals surface area contributed by atoms with Gasteiger partial charge in [-0.1, -0.05) is 64.0 Å². The van der Waals surface area contributed by atoms with Gasteiger partial charge in [0, 0.05) is 6.42 Å². The van der Waals surface area contributed by atoms with Gasteiger partial charge in [0.25, 0.3) is 0 Å². The standard InChI is InChI=1S/C19H29O2/c1-2-3-4-5-6-7-8-9-17-21-19-14-12-18(13-15-19)11-10-16-20/h12-15H,2-11,17H2,1H3. The molecule has 1 rings (SSSR count). The maximum atomic E-state index is 10.2. The maximum absolute atomic E-state index is 10.2. The van der Waals surface area contributed by atoms with E-state index in [1.54, 1.807) is 0 Å². The van der Waals surface area contributed by atoms with Crippen molar-refractivity contribution in [3.05, 3.63) is 29.8 Å². The molecule has 0 saturated carbocycles. The summed E-state index contributed by atoms with van der Waals surface area (Å²) in [5.74, 6) is 0.928. The number of ether oxygens (including phenoxy) is 1. The molecule has 2 nitrogen and oxygen atoms in total. The molecule has 0 aliphatic heterocycles. The number of rotatable bonds is 13. The van der Waals surface area contributed by atoms with Gasteiger partial charge in [-0.3, -0.25) is 4.79 Å². The summed E-state index contributed by atoms with van der Waals surface area (Å²) in [5.41, 5.74) is 1.16. The Morgan fingerprint density at radius 2 is 1.52 bits per heavy atom. The van der Waals surface area contributed by atoms with Crippen LogP contribution in [0.2, 0.25) is 0 Å². The van der Waals surface area contributed by atoms with Crippen molar-refractivity contribution in [2.24, 2.45) is 0 Å². The third-order valence-corrected chi connectivity index (χ3v) is 3.71. The number of unbranched alkanes of at least 4 members (excludes halogenated alkanes) is 7. The number of hydrogen-bond acceptors (Lipinski definition) is 2. The van der Waals surface area contributed by atoms with E-state index in [1.807, 2.05) is 30.6 Å². The highest BCUT2D eigenvalue weighted by Gasteiger charge is 1.97. The lowest BCUT2D eigenvalue weighted by Gasteiger charge is -2.07. The van der Waals surface area contributed by atoms with E-state index in [-0.39, 0.29) is 0 Å². The van der Waals surface area contributed by atoms with Gasteiger partial charge in [0.05, 0.1) is 6.61 Å². The Balaban J connectivity index is 2.01. The monoisotopic (exact) mass is 289 g/mol. The summed E-state index contributed by atoms with van der Waals surface area (Å²) >= 11 is 0. The van der Waals surface area contributed by atoms with Crippen molar-refractivity contribution >= 4 is 6.29 Å². The largest absolute Gasteiger partial charge is 0.494 e. The summed E-state index contributed by atoms with van der Waals surface area (Å²) in [7, 11) is 0. The summed E-state index contributed by atoms with van der Waals surface area (Å²) in [6.45, 7) is 3.06. The van der Waals surface area contributed by atoms with Crippen molar-refractivity contribution in [3.63, 3.8) is 0 Å². The molecule has 0 spiro atoms. The zero-order valence-electron chi connectivity index (χ0n) is 13.4. The van der Waals surface area contributed by atoms with Crippen LogP contribution in [0.15, 0.2) is 24.3 Å². The average Bonchev–Trinajstić information content (AvgIpc) is 2.52. The molecule has 0 aliphatic rings. The van der Waals surface area contributed by atoms with Crippen LogP contribution in [0.3, 0.4) is 0 Å². The van der Waals surface area contributed by atoms with Crippen LogP contribution in [0.1, 0.15) is 70.3 Å². The molecule has 0 amide bonds. The lowest BCUT2D eigenvalue weighted by atomic mass is 10.1. The lowest BCUT2D eigenvalue weighted by molar-refractivity contribution is 0.304. The van der Waals surface area contributed by atoms with E-state index in [1.165, 1.54) is 44.9 Å². The normalized spacial score (nSPS) is 10.5. The predicted octanol–water partition coefficient (Wildman–Crippen LogP) is 5.25. The van der Waals surface area contributed by atoms with Crippen molar-refractivity contribution in [3.8, 4) is 5.75 Å². The van der Waals surface area contributed by atoms with Crippen LogP contribution in [0.25, 0.3) is 0 Å². The Bertz CT molecular complexity index is 356. The molecular weight excluding hydrogens is 260 g/mol. The molecular formula is C19H29O2. The zero-order chi connectivity index (χ0) is 15.2. The SMILES string of the molecule is CCCCCCCCCCOc1ccc(CC[C]=O)cc1. The van der Waals surface area contributed by atoms with Crippen LogP contribution in [-0.4, -0.2) is 12.9 Å². The quantitative estimate of drug-likeness (QED) is 0.464. The minimum atomic E-state index is 0.471. The van der Waals surface area contributed by atoms with Gasteiger partial charge in [0.2, 0.25) is 0 Å². The minimum absolute atomic E-state index is 0.471. The van der Waals surface area contributed by atoms with E-state index in [0.717, 1.165) is 30.8 Å². The second-order valence-corrected chi connectivity index (χ2v) is 5.61. The number of benzene rings is 1. The number of hydrogen-bond donors (Lipinski definition) is 0. The molecule has 21 heavy (non-hydrogen) atoms. The third-order valence-electron chi connectivity index (χ3n) is 3.71. The first-order chi connectivity index (χ1) is 10.4. The molecule has 0 unspecified atom stereocenters. The van der Waals surface area contributed by atoms with Crippen LogP contribution in [-0.2, 0) is 11.2 Å². The van der Waals surface area contributed by atoms with Crippen molar-refractivity contribution in [1.29, 1.82) is 0 Å². The van der Waals surface area contributed by atoms with Gasteiger partial charge >= 0.3 is 0 Å². The first-order valence-corrected chi connectivity index (χ1v) is 8.43. The molecule has 0 bridgehead atoms. The summed E-state index contributed by atoms with van der Waals surface area (Å²) in [5, 5.41) is 0. The summed E-state index contributed by atoms with van der Waals surface area (Å²) in [6.07, 6.45) is 13.7. The fourth-order valence-electron chi connectivity index (χ4n) is 2.37. The highest BCUT2D eigenvalue weighted by Crippen LogP contribution is 2.14. The van der Waals surface area contributed by atoms with Crippen LogP contribution in [0.5, 0.6) is 5.75 Å².